The number of unbranched alkanes of at least 4 members (excludes halogenated alkanes) is 13. The van der Waals surface area contributed by atoms with Gasteiger partial charge in [-0.25, -0.2) is 0 Å². The van der Waals surface area contributed by atoms with Gasteiger partial charge in [-0.2, -0.15) is 0 Å². The Bertz CT molecular complexity index is 358. The molecule has 2 unspecified atom stereocenters. The van der Waals surface area contributed by atoms with E-state index in [1.54, 1.807) is 0 Å². The van der Waals surface area contributed by atoms with Crippen LogP contribution in [0.3, 0.4) is 0 Å². The fourth-order valence-corrected chi connectivity index (χ4v) is 4.25. The minimum atomic E-state index is 0.920. The van der Waals surface area contributed by atoms with E-state index in [2.05, 4.69) is 39.5 Å². The second-order valence-electron chi connectivity index (χ2n) is 9.81. The van der Waals surface area contributed by atoms with E-state index in [4.69, 9.17) is 0 Å². The van der Waals surface area contributed by atoms with E-state index in [1.807, 2.05) is 0 Å². The van der Waals surface area contributed by atoms with E-state index in [-0.39, 0.29) is 0 Å². The Morgan fingerprint density at radius 3 is 1.17 bits per heavy atom. The van der Waals surface area contributed by atoms with E-state index in [9.17, 15) is 0 Å². The van der Waals surface area contributed by atoms with Gasteiger partial charge in [0.15, 0.2) is 0 Å². The second kappa shape index (κ2) is 23.8. The van der Waals surface area contributed by atoms with Crippen molar-refractivity contribution in [3.63, 3.8) is 0 Å². The summed E-state index contributed by atoms with van der Waals surface area (Å²) in [5.74, 6) is 8.70. The quantitative estimate of drug-likeness (QED) is 0.132. The van der Waals surface area contributed by atoms with Crippen molar-refractivity contribution in [1.82, 2.24) is 0 Å². The van der Waals surface area contributed by atoms with Gasteiger partial charge in [0.25, 0.3) is 0 Å². The maximum Gasteiger partial charge on any atom is 0.00886 e. The largest absolute Gasteiger partial charge is 0.103 e. The molecule has 0 fully saturated rings. The molecule has 0 radical (unpaired) electrons. The van der Waals surface area contributed by atoms with Crippen LogP contribution >= 0.6 is 0 Å². The lowest BCUT2D eigenvalue weighted by Gasteiger charge is -2.10. The maximum atomic E-state index is 3.42. The van der Waals surface area contributed by atoms with Crippen LogP contribution in [0.5, 0.6) is 0 Å². The zero-order valence-electron chi connectivity index (χ0n) is 21.0. The lowest BCUT2D eigenvalue weighted by atomic mass is 9.96. The predicted octanol–water partition coefficient (Wildman–Crippen LogP) is 10.5. The minimum Gasteiger partial charge on any atom is -0.103 e. The van der Waals surface area contributed by atoms with Crippen molar-refractivity contribution in [2.75, 3.05) is 0 Å². The number of hydrogen-bond donors (Lipinski definition) is 0. The summed E-state index contributed by atoms with van der Waals surface area (Å²) >= 11 is 0. The molecule has 29 heavy (non-hydrogen) atoms. The molecule has 0 spiro atoms. The fourth-order valence-electron chi connectivity index (χ4n) is 4.25. The van der Waals surface area contributed by atoms with Gasteiger partial charge in [-0.15, -0.1) is 11.8 Å². The van der Waals surface area contributed by atoms with E-state index in [0.29, 0.717) is 0 Å². The first-order valence-corrected chi connectivity index (χ1v) is 13.7. The third kappa shape index (κ3) is 23.7. The molecular formula is C29H56. The Morgan fingerprint density at radius 1 is 0.414 bits per heavy atom. The Hall–Kier alpha value is -0.440. The highest BCUT2D eigenvalue weighted by molar-refractivity contribution is 4.98. The van der Waals surface area contributed by atoms with Crippen LogP contribution in [-0.4, -0.2) is 0 Å². The molecule has 0 rings (SSSR count). The van der Waals surface area contributed by atoms with Crippen LogP contribution in [0.15, 0.2) is 0 Å². The molecule has 0 aliphatic carbocycles. The molecule has 0 aromatic heterocycles. The van der Waals surface area contributed by atoms with Gasteiger partial charge in [-0.05, 0) is 24.7 Å². The SMILES string of the molecule is CCCCCCCC(C)CCCCC#CCCCCCCC(C)CCCCCC. The number of hydrogen-bond acceptors (Lipinski definition) is 0. The van der Waals surface area contributed by atoms with Gasteiger partial charge in [0, 0.05) is 12.8 Å². The molecule has 2 atom stereocenters. The molecule has 0 amide bonds. The summed E-state index contributed by atoms with van der Waals surface area (Å²) in [5, 5.41) is 0. The molecule has 0 nitrogen and oxygen atoms in total. The summed E-state index contributed by atoms with van der Waals surface area (Å²) in [7, 11) is 0. The maximum absolute atomic E-state index is 3.42. The Labute approximate surface area is 186 Å². The molecule has 0 N–H and O–H groups in total. The van der Waals surface area contributed by atoms with Crippen molar-refractivity contribution in [2.24, 2.45) is 11.8 Å². The highest BCUT2D eigenvalue weighted by Gasteiger charge is 2.02. The van der Waals surface area contributed by atoms with E-state index >= 15 is 0 Å². The van der Waals surface area contributed by atoms with Crippen LogP contribution in [0.2, 0.25) is 0 Å². The van der Waals surface area contributed by atoms with Crippen molar-refractivity contribution in [3.8, 4) is 11.8 Å². The normalized spacial score (nSPS) is 13.1. The zero-order chi connectivity index (χ0) is 21.4. The fraction of sp³-hybridized carbons (Fsp3) is 0.931. The summed E-state index contributed by atoms with van der Waals surface area (Å²) in [5.41, 5.74) is 0. The van der Waals surface area contributed by atoms with E-state index in [1.165, 1.54) is 122 Å². The first-order chi connectivity index (χ1) is 14.2. The molecule has 0 heteroatoms. The van der Waals surface area contributed by atoms with Crippen LogP contribution in [0.1, 0.15) is 163 Å². The minimum absolute atomic E-state index is 0.920. The van der Waals surface area contributed by atoms with Gasteiger partial charge in [0.05, 0.1) is 0 Å². The highest BCUT2D eigenvalue weighted by Crippen LogP contribution is 2.18. The average molecular weight is 405 g/mol. The van der Waals surface area contributed by atoms with Gasteiger partial charge in [-0.3, -0.25) is 0 Å². The van der Waals surface area contributed by atoms with Crippen molar-refractivity contribution in [1.29, 1.82) is 0 Å². The molecule has 0 bridgehead atoms. The zero-order valence-corrected chi connectivity index (χ0v) is 21.0. The van der Waals surface area contributed by atoms with Crippen LogP contribution in [0.25, 0.3) is 0 Å². The standard InChI is InChI=1S/C29H56/c1-5-7-9-17-21-25-29(4)27-23-19-16-14-12-11-13-15-18-22-26-28(3)24-20-10-8-6-2/h28-29H,5-11,13,15-27H2,1-4H3. The Morgan fingerprint density at radius 2 is 0.724 bits per heavy atom. The van der Waals surface area contributed by atoms with Crippen LogP contribution in [0, 0.1) is 23.7 Å². The van der Waals surface area contributed by atoms with E-state index in [0.717, 1.165) is 24.7 Å². The molecule has 172 valence electrons. The Balaban J connectivity index is 3.31. The lowest BCUT2D eigenvalue weighted by Crippen LogP contribution is -1.95. The molecule has 0 saturated heterocycles. The predicted molar refractivity (Wildman–Crippen MR) is 134 cm³/mol. The van der Waals surface area contributed by atoms with Gasteiger partial charge in [0.2, 0.25) is 0 Å². The van der Waals surface area contributed by atoms with Crippen LogP contribution in [0.4, 0.5) is 0 Å². The monoisotopic (exact) mass is 404 g/mol. The Kier molecular flexibility index (Phi) is 23.5. The van der Waals surface area contributed by atoms with Crippen LogP contribution < -0.4 is 0 Å². The van der Waals surface area contributed by atoms with Crippen molar-refractivity contribution < 1.29 is 0 Å². The smallest absolute Gasteiger partial charge is 0.00886 e. The molecule has 0 aromatic rings. The topological polar surface area (TPSA) is 0 Å². The average Bonchev–Trinajstić information content (AvgIpc) is 2.72. The van der Waals surface area contributed by atoms with Crippen molar-refractivity contribution >= 4 is 0 Å². The van der Waals surface area contributed by atoms with E-state index < -0.39 is 0 Å². The van der Waals surface area contributed by atoms with Crippen LogP contribution in [-0.2, 0) is 0 Å². The highest BCUT2D eigenvalue weighted by atomic mass is 14.1. The van der Waals surface area contributed by atoms with Gasteiger partial charge < -0.3 is 0 Å². The van der Waals surface area contributed by atoms with Gasteiger partial charge >= 0.3 is 0 Å². The third-order valence-electron chi connectivity index (χ3n) is 6.47. The second-order valence-corrected chi connectivity index (χ2v) is 9.81. The summed E-state index contributed by atoms with van der Waals surface area (Å²) in [6.45, 7) is 9.49. The lowest BCUT2D eigenvalue weighted by molar-refractivity contribution is 0.435. The van der Waals surface area contributed by atoms with Gasteiger partial charge in [0.1, 0.15) is 0 Å². The summed E-state index contributed by atoms with van der Waals surface area (Å²) in [6.07, 6.45) is 29.0. The first-order valence-electron chi connectivity index (χ1n) is 13.7. The molecule has 0 saturated carbocycles. The first kappa shape index (κ1) is 28.6. The molecule has 0 heterocycles. The summed E-state index contributed by atoms with van der Waals surface area (Å²) in [6, 6.07) is 0. The molecule has 0 aromatic carbocycles. The molecule has 0 aliphatic heterocycles. The molecular weight excluding hydrogens is 348 g/mol. The van der Waals surface area contributed by atoms with Gasteiger partial charge in [-0.1, -0.05) is 137 Å². The number of rotatable bonds is 21. The summed E-state index contributed by atoms with van der Waals surface area (Å²) in [4.78, 5) is 0. The molecule has 0 aliphatic rings. The van der Waals surface area contributed by atoms with Crippen molar-refractivity contribution in [3.05, 3.63) is 0 Å². The third-order valence-corrected chi connectivity index (χ3v) is 6.47. The summed E-state index contributed by atoms with van der Waals surface area (Å²) < 4.78 is 0. The van der Waals surface area contributed by atoms with Crippen molar-refractivity contribution in [2.45, 2.75) is 163 Å².